The molecule has 1 aromatic carbocycles. The van der Waals surface area contributed by atoms with Crippen molar-refractivity contribution in [2.45, 2.75) is 24.8 Å². The Balaban J connectivity index is 1.43. The molecule has 142 valence electrons. The number of halogens is 3. The first kappa shape index (κ1) is 16.8. The molecule has 3 aromatic heterocycles. The van der Waals surface area contributed by atoms with Crippen LogP contribution in [0.1, 0.15) is 12.8 Å². The van der Waals surface area contributed by atoms with Crippen LogP contribution < -0.4 is 10.6 Å². The lowest BCUT2D eigenvalue weighted by Crippen LogP contribution is -2.44. The van der Waals surface area contributed by atoms with Gasteiger partial charge in [-0.1, -0.05) is 0 Å². The number of hydrogen-bond acceptors (Lipinski definition) is 5. The summed E-state index contributed by atoms with van der Waals surface area (Å²) in [7, 11) is 0. The summed E-state index contributed by atoms with van der Waals surface area (Å²) in [5, 5.41) is 15.4. The van der Waals surface area contributed by atoms with E-state index in [9.17, 15) is 13.2 Å². The molecule has 4 aromatic rings. The van der Waals surface area contributed by atoms with E-state index in [0.29, 0.717) is 22.7 Å². The van der Waals surface area contributed by atoms with Gasteiger partial charge in [-0.25, -0.2) is 23.1 Å². The average Bonchev–Trinajstić information content (AvgIpc) is 3.02. The highest BCUT2D eigenvalue weighted by atomic mass is 19.3. The SMILES string of the molecule is Fc1cnc2n[nH]c(Nc3ccc4c(NC5CC(F)(F)C5)nccc4c3)c2c1. The van der Waals surface area contributed by atoms with Gasteiger partial charge in [0.1, 0.15) is 17.5 Å². The number of aromatic nitrogens is 4. The predicted molar refractivity (Wildman–Crippen MR) is 100 cm³/mol. The number of hydrogen-bond donors (Lipinski definition) is 3. The summed E-state index contributed by atoms with van der Waals surface area (Å²) in [4.78, 5) is 8.22. The van der Waals surface area contributed by atoms with E-state index in [1.165, 1.54) is 6.07 Å². The molecule has 9 heteroatoms. The van der Waals surface area contributed by atoms with Crippen LogP contribution in [-0.4, -0.2) is 32.1 Å². The Morgan fingerprint density at radius 1 is 1.07 bits per heavy atom. The van der Waals surface area contributed by atoms with Crippen molar-refractivity contribution >= 4 is 39.1 Å². The standard InChI is InChI=1S/C19H15F3N6/c20-11-6-15-17(24-9-11)27-28-18(15)25-12-1-2-14-10(5-12)3-4-23-16(14)26-13-7-19(21,22)8-13/h1-6,9,13H,7-8H2,(H,23,26)(H2,24,25,27,28). The maximum absolute atomic E-state index is 13.5. The fourth-order valence-corrected chi connectivity index (χ4v) is 3.44. The van der Waals surface area contributed by atoms with Gasteiger partial charge < -0.3 is 10.6 Å². The quantitative estimate of drug-likeness (QED) is 0.479. The number of pyridine rings is 2. The Bertz CT molecular complexity index is 1180. The molecule has 5 rings (SSSR count). The second kappa shape index (κ2) is 6.08. The summed E-state index contributed by atoms with van der Waals surface area (Å²) in [5.74, 6) is -1.91. The van der Waals surface area contributed by atoms with Crippen LogP contribution in [0.25, 0.3) is 21.8 Å². The summed E-state index contributed by atoms with van der Waals surface area (Å²) >= 11 is 0. The van der Waals surface area contributed by atoms with Crippen molar-refractivity contribution in [1.82, 2.24) is 20.2 Å². The first-order chi connectivity index (χ1) is 13.5. The fourth-order valence-electron chi connectivity index (χ4n) is 3.44. The molecule has 1 aliphatic carbocycles. The molecule has 28 heavy (non-hydrogen) atoms. The van der Waals surface area contributed by atoms with Crippen LogP contribution in [0.2, 0.25) is 0 Å². The van der Waals surface area contributed by atoms with Gasteiger partial charge in [0.25, 0.3) is 5.92 Å². The molecule has 0 radical (unpaired) electrons. The summed E-state index contributed by atoms with van der Waals surface area (Å²) in [6.07, 6.45) is 2.39. The van der Waals surface area contributed by atoms with Gasteiger partial charge in [0.05, 0.1) is 11.6 Å². The smallest absolute Gasteiger partial charge is 0.252 e. The molecule has 3 heterocycles. The number of nitrogens with zero attached hydrogens (tertiary/aromatic N) is 3. The molecule has 0 saturated heterocycles. The Labute approximate surface area is 157 Å². The van der Waals surface area contributed by atoms with E-state index >= 15 is 0 Å². The van der Waals surface area contributed by atoms with Gasteiger partial charge in [-0.15, -0.1) is 0 Å². The summed E-state index contributed by atoms with van der Waals surface area (Å²) in [6.45, 7) is 0. The van der Waals surface area contributed by atoms with Crippen molar-refractivity contribution in [2.24, 2.45) is 0 Å². The zero-order chi connectivity index (χ0) is 19.3. The average molecular weight is 384 g/mol. The van der Waals surface area contributed by atoms with Gasteiger partial charge in [-0.3, -0.25) is 5.10 Å². The van der Waals surface area contributed by atoms with E-state index in [0.717, 1.165) is 22.7 Å². The molecule has 1 saturated carbocycles. The number of anilines is 3. The fraction of sp³-hybridized carbons (Fsp3) is 0.211. The molecular formula is C19H15F3N6. The van der Waals surface area contributed by atoms with Gasteiger partial charge in [0.2, 0.25) is 0 Å². The van der Waals surface area contributed by atoms with E-state index in [4.69, 9.17) is 0 Å². The van der Waals surface area contributed by atoms with Crippen LogP contribution in [0.5, 0.6) is 0 Å². The van der Waals surface area contributed by atoms with E-state index in [1.807, 2.05) is 24.3 Å². The van der Waals surface area contributed by atoms with E-state index in [1.54, 1.807) is 6.20 Å². The van der Waals surface area contributed by atoms with Crippen LogP contribution in [-0.2, 0) is 0 Å². The highest BCUT2D eigenvalue weighted by Crippen LogP contribution is 2.39. The molecule has 0 spiro atoms. The largest absolute Gasteiger partial charge is 0.366 e. The topological polar surface area (TPSA) is 78.5 Å². The number of alkyl halides is 2. The molecular weight excluding hydrogens is 369 g/mol. The second-order valence-corrected chi connectivity index (χ2v) is 6.95. The predicted octanol–water partition coefficient (Wildman–Crippen LogP) is 4.60. The molecule has 6 nitrogen and oxygen atoms in total. The minimum atomic E-state index is -2.58. The van der Waals surface area contributed by atoms with Crippen molar-refractivity contribution in [3.05, 3.63) is 48.5 Å². The number of aromatic amines is 1. The van der Waals surface area contributed by atoms with Gasteiger partial charge in [0.15, 0.2) is 5.65 Å². The third-order valence-electron chi connectivity index (χ3n) is 4.84. The summed E-state index contributed by atoms with van der Waals surface area (Å²) < 4.78 is 39.6. The molecule has 0 bridgehead atoms. The van der Waals surface area contributed by atoms with E-state index < -0.39 is 11.7 Å². The number of benzene rings is 1. The molecule has 0 amide bonds. The third-order valence-corrected chi connectivity index (χ3v) is 4.84. The molecule has 0 unspecified atom stereocenters. The van der Waals surface area contributed by atoms with Crippen molar-refractivity contribution in [2.75, 3.05) is 10.6 Å². The number of fused-ring (bicyclic) bond motifs is 2. The molecule has 1 aliphatic rings. The van der Waals surface area contributed by atoms with Gasteiger partial charge in [-0.05, 0) is 35.7 Å². The van der Waals surface area contributed by atoms with Gasteiger partial charge >= 0.3 is 0 Å². The third kappa shape index (κ3) is 2.98. The van der Waals surface area contributed by atoms with Crippen molar-refractivity contribution < 1.29 is 13.2 Å². The number of nitrogens with one attached hydrogen (secondary N) is 3. The zero-order valence-corrected chi connectivity index (χ0v) is 14.5. The highest BCUT2D eigenvalue weighted by molar-refractivity contribution is 5.95. The van der Waals surface area contributed by atoms with Crippen molar-refractivity contribution in [3.63, 3.8) is 0 Å². The minimum Gasteiger partial charge on any atom is -0.366 e. The van der Waals surface area contributed by atoms with Crippen LogP contribution in [0.15, 0.2) is 42.7 Å². The van der Waals surface area contributed by atoms with Crippen molar-refractivity contribution in [3.8, 4) is 0 Å². The van der Waals surface area contributed by atoms with E-state index in [2.05, 4.69) is 30.8 Å². The normalized spacial score (nSPS) is 16.2. The lowest BCUT2D eigenvalue weighted by atomic mass is 9.88. The van der Waals surface area contributed by atoms with Crippen LogP contribution in [0.4, 0.5) is 30.5 Å². The highest BCUT2D eigenvalue weighted by Gasteiger charge is 2.45. The lowest BCUT2D eigenvalue weighted by molar-refractivity contribution is -0.0793. The van der Waals surface area contributed by atoms with E-state index in [-0.39, 0.29) is 18.9 Å². The lowest BCUT2D eigenvalue weighted by Gasteiger charge is -2.35. The van der Waals surface area contributed by atoms with Gasteiger partial charge in [0, 0.05) is 36.2 Å². The maximum Gasteiger partial charge on any atom is 0.252 e. The number of H-pyrrole nitrogens is 1. The Morgan fingerprint density at radius 2 is 1.93 bits per heavy atom. The Hall–Kier alpha value is -3.36. The minimum absolute atomic E-state index is 0.178. The monoisotopic (exact) mass is 384 g/mol. The first-order valence-corrected chi connectivity index (χ1v) is 8.77. The van der Waals surface area contributed by atoms with Crippen molar-refractivity contribution in [1.29, 1.82) is 0 Å². The van der Waals surface area contributed by atoms with Crippen LogP contribution >= 0.6 is 0 Å². The Morgan fingerprint density at radius 3 is 2.75 bits per heavy atom. The molecule has 1 fully saturated rings. The number of rotatable bonds is 4. The maximum atomic E-state index is 13.5. The molecule has 3 N–H and O–H groups in total. The second-order valence-electron chi connectivity index (χ2n) is 6.95. The van der Waals surface area contributed by atoms with Crippen LogP contribution in [0.3, 0.4) is 0 Å². The summed E-state index contributed by atoms with van der Waals surface area (Å²) in [6, 6.07) is 8.52. The zero-order valence-electron chi connectivity index (χ0n) is 14.5. The van der Waals surface area contributed by atoms with Gasteiger partial charge in [-0.2, -0.15) is 5.10 Å². The molecule has 0 atom stereocenters. The summed E-state index contributed by atoms with van der Waals surface area (Å²) in [5.41, 5.74) is 1.17. The Kier molecular flexibility index (Phi) is 3.65. The first-order valence-electron chi connectivity index (χ1n) is 8.77. The molecule has 0 aliphatic heterocycles. The van der Waals surface area contributed by atoms with Crippen LogP contribution in [0, 0.1) is 5.82 Å².